The Morgan fingerprint density at radius 2 is 1.75 bits per heavy atom. The monoisotopic (exact) mass is 394 g/mol. The van der Waals surface area contributed by atoms with Crippen LogP contribution >= 0.6 is 11.3 Å². The molecule has 0 radical (unpaired) electrons. The summed E-state index contributed by atoms with van der Waals surface area (Å²) in [7, 11) is 0. The van der Waals surface area contributed by atoms with E-state index < -0.39 is 0 Å². The van der Waals surface area contributed by atoms with Crippen molar-refractivity contribution in [3.63, 3.8) is 0 Å². The predicted octanol–water partition coefficient (Wildman–Crippen LogP) is 3.95. The van der Waals surface area contributed by atoms with E-state index in [-0.39, 0.29) is 24.9 Å². The second-order valence-corrected chi connectivity index (χ2v) is 7.28. The van der Waals surface area contributed by atoms with Crippen LogP contribution in [0.25, 0.3) is 11.3 Å². The lowest BCUT2D eigenvalue weighted by atomic mass is 10.1. The van der Waals surface area contributed by atoms with Gasteiger partial charge in [-0.05, 0) is 24.6 Å². The standard InChI is InChI=1S/C21H22N4O2S/c1-15-24-19(14-28-15)17-7-9-18(10-8-17)25-20(26)11-12-22-21(27)23-13-16-5-3-2-4-6-16/h2-10,14H,11-13H2,1H3,(H,25,26)(H2,22,23,27). The largest absolute Gasteiger partial charge is 0.338 e. The van der Waals surface area contributed by atoms with Crippen molar-refractivity contribution < 1.29 is 9.59 Å². The van der Waals surface area contributed by atoms with E-state index >= 15 is 0 Å². The maximum Gasteiger partial charge on any atom is 0.315 e. The van der Waals surface area contributed by atoms with E-state index in [1.165, 1.54) is 0 Å². The molecule has 0 aliphatic heterocycles. The van der Waals surface area contributed by atoms with Crippen molar-refractivity contribution in [2.45, 2.75) is 19.9 Å². The summed E-state index contributed by atoms with van der Waals surface area (Å²) in [5.74, 6) is -0.152. The number of aromatic nitrogens is 1. The fourth-order valence-electron chi connectivity index (χ4n) is 2.57. The maximum absolute atomic E-state index is 12.0. The van der Waals surface area contributed by atoms with Crippen LogP contribution in [-0.2, 0) is 11.3 Å². The van der Waals surface area contributed by atoms with Gasteiger partial charge in [-0.15, -0.1) is 11.3 Å². The van der Waals surface area contributed by atoms with Gasteiger partial charge in [-0.25, -0.2) is 9.78 Å². The molecule has 7 heteroatoms. The number of anilines is 1. The average molecular weight is 394 g/mol. The summed E-state index contributed by atoms with van der Waals surface area (Å²) in [6.45, 7) is 2.69. The number of nitrogens with zero attached hydrogens (tertiary/aromatic N) is 1. The van der Waals surface area contributed by atoms with Crippen molar-refractivity contribution in [2.75, 3.05) is 11.9 Å². The Labute approximate surface area is 168 Å². The van der Waals surface area contributed by atoms with Gasteiger partial charge in [0.25, 0.3) is 0 Å². The second kappa shape index (κ2) is 9.66. The van der Waals surface area contributed by atoms with Crippen molar-refractivity contribution in [1.29, 1.82) is 0 Å². The van der Waals surface area contributed by atoms with Gasteiger partial charge in [0.1, 0.15) is 0 Å². The maximum atomic E-state index is 12.0. The molecule has 0 spiro atoms. The topological polar surface area (TPSA) is 83.1 Å². The number of nitrogens with one attached hydrogen (secondary N) is 3. The van der Waals surface area contributed by atoms with E-state index in [9.17, 15) is 9.59 Å². The zero-order valence-electron chi connectivity index (χ0n) is 15.6. The van der Waals surface area contributed by atoms with Gasteiger partial charge in [0, 0.05) is 36.1 Å². The van der Waals surface area contributed by atoms with Crippen LogP contribution in [-0.4, -0.2) is 23.5 Å². The number of amides is 3. The van der Waals surface area contributed by atoms with Crippen molar-refractivity contribution in [2.24, 2.45) is 0 Å². The van der Waals surface area contributed by atoms with Gasteiger partial charge in [-0.1, -0.05) is 42.5 Å². The molecule has 28 heavy (non-hydrogen) atoms. The zero-order valence-corrected chi connectivity index (χ0v) is 16.4. The number of urea groups is 1. The lowest BCUT2D eigenvalue weighted by Gasteiger charge is -2.09. The molecule has 144 valence electrons. The molecule has 3 N–H and O–H groups in total. The fourth-order valence-corrected chi connectivity index (χ4v) is 3.20. The Morgan fingerprint density at radius 3 is 2.43 bits per heavy atom. The molecule has 0 unspecified atom stereocenters. The van der Waals surface area contributed by atoms with E-state index in [0.717, 1.165) is 21.8 Å². The Morgan fingerprint density at radius 1 is 1.00 bits per heavy atom. The third-order valence-corrected chi connectivity index (χ3v) is 4.79. The molecule has 1 aromatic heterocycles. The molecule has 0 bridgehead atoms. The molecule has 0 fully saturated rings. The first-order valence-electron chi connectivity index (χ1n) is 8.98. The third kappa shape index (κ3) is 5.92. The summed E-state index contributed by atoms with van der Waals surface area (Å²) in [6.07, 6.45) is 0.200. The summed E-state index contributed by atoms with van der Waals surface area (Å²) in [6, 6.07) is 16.9. The zero-order chi connectivity index (χ0) is 19.8. The smallest absolute Gasteiger partial charge is 0.315 e. The van der Waals surface area contributed by atoms with E-state index in [1.807, 2.05) is 66.9 Å². The van der Waals surface area contributed by atoms with E-state index in [2.05, 4.69) is 20.9 Å². The number of hydrogen-bond acceptors (Lipinski definition) is 4. The van der Waals surface area contributed by atoms with Crippen molar-refractivity contribution >= 4 is 29.0 Å². The number of hydrogen-bond donors (Lipinski definition) is 3. The summed E-state index contributed by atoms with van der Waals surface area (Å²) in [4.78, 5) is 28.3. The third-order valence-electron chi connectivity index (χ3n) is 4.02. The molecule has 0 aliphatic carbocycles. The first-order valence-corrected chi connectivity index (χ1v) is 9.86. The van der Waals surface area contributed by atoms with Crippen molar-refractivity contribution in [3.8, 4) is 11.3 Å². The van der Waals surface area contributed by atoms with Crippen LogP contribution in [0.5, 0.6) is 0 Å². The van der Waals surface area contributed by atoms with Crippen molar-refractivity contribution in [1.82, 2.24) is 15.6 Å². The summed E-state index contributed by atoms with van der Waals surface area (Å²) < 4.78 is 0. The highest BCUT2D eigenvalue weighted by molar-refractivity contribution is 7.09. The molecular weight excluding hydrogens is 372 g/mol. The highest BCUT2D eigenvalue weighted by Gasteiger charge is 2.06. The molecule has 0 saturated carbocycles. The van der Waals surface area contributed by atoms with Crippen LogP contribution in [0.3, 0.4) is 0 Å². The molecule has 1 heterocycles. The Hall–Kier alpha value is -3.19. The van der Waals surface area contributed by atoms with Crippen LogP contribution in [0.2, 0.25) is 0 Å². The first kappa shape index (κ1) is 19.6. The van der Waals surface area contributed by atoms with Gasteiger partial charge < -0.3 is 16.0 Å². The number of rotatable bonds is 7. The predicted molar refractivity (Wildman–Crippen MR) is 112 cm³/mol. The Balaban J connectivity index is 1.37. The van der Waals surface area contributed by atoms with Crippen LogP contribution in [0, 0.1) is 6.92 Å². The average Bonchev–Trinajstić information content (AvgIpc) is 3.14. The molecular formula is C21H22N4O2S. The molecule has 0 saturated heterocycles. The number of carbonyl (C=O) groups is 2. The number of benzene rings is 2. The van der Waals surface area contributed by atoms with Crippen LogP contribution < -0.4 is 16.0 Å². The number of carbonyl (C=O) groups excluding carboxylic acids is 2. The van der Waals surface area contributed by atoms with Crippen LogP contribution in [0.15, 0.2) is 60.0 Å². The van der Waals surface area contributed by atoms with Gasteiger partial charge >= 0.3 is 6.03 Å². The van der Waals surface area contributed by atoms with Crippen LogP contribution in [0.1, 0.15) is 17.0 Å². The van der Waals surface area contributed by atoms with E-state index in [0.29, 0.717) is 12.2 Å². The second-order valence-electron chi connectivity index (χ2n) is 6.22. The number of thiazole rings is 1. The summed E-state index contributed by atoms with van der Waals surface area (Å²) in [5.41, 5.74) is 3.69. The number of aryl methyl sites for hydroxylation is 1. The minimum atomic E-state index is -0.292. The normalized spacial score (nSPS) is 10.3. The lowest BCUT2D eigenvalue weighted by molar-refractivity contribution is -0.116. The van der Waals surface area contributed by atoms with E-state index in [1.54, 1.807) is 11.3 Å². The van der Waals surface area contributed by atoms with Gasteiger partial charge in [0.15, 0.2) is 0 Å². The first-order chi connectivity index (χ1) is 13.6. The molecule has 2 aromatic carbocycles. The molecule has 6 nitrogen and oxygen atoms in total. The minimum absolute atomic E-state index is 0.152. The summed E-state index contributed by atoms with van der Waals surface area (Å²) >= 11 is 1.61. The van der Waals surface area contributed by atoms with Gasteiger partial charge in [0.05, 0.1) is 10.7 Å². The molecule has 3 amide bonds. The van der Waals surface area contributed by atoms with Crippen LogP contribution in [0.4, 0.5) is 10.5 Å². The fraction of sp³-hybridized carbons (Fsp3) is 0.190. The lowest BCUT2D eigenvalue weighted by Crippen LogP contribution is -2.36. The molecule has 0 aliphatic rings. The Kier molecular flexibility index (Phi) is 6.75. The van der Waals surface area contributed by atoms with Gasteiger partial charge in [-0.2, -0.15) is 0 Å². The SMILES string of the molecule is Cc1nc(-c2ccc(NC(=O)CCNC(=O)NCc3ccccc3)cc2)cs1. The van der Waals surface area contributed by atoms with Crippen molar-refractivity contribution in [3.05, 3.63) is 70.5 Å². The molecule has 0 atom stereocenters. The van der Waals surface area contributed by atoms with E-state index in [4.69, 9.17) is 0 Å². The minimum Gasteiger partial charge on any atom is -0.338 e. The van der Waals surface area contributed by atoms with Gasteiger partial charge in [-0.3, -0.25) is 4.79 Å². The quantitative estimate of drug-likeness (QED) is 0.567. The molecule has 3 rings (SSSR count). The summed E-state index contributed by atoms with van der Waals surface area (Å²) in [5, 5.41) is 11.3. The van der Waals surface area contributed by atoms with Gasteiger partial charge in [0.2, 0.25) is 5.91 Å². The highest BCUT2D eigenvalue weighted by atomic mass is 32.1. The highest BCUT2D eigenvalue weighted by Crippen LogP contribution is 2.23. The Bertz CT molecular complexity index is 923. The molecule has 3 aromatic rings.